The molecule has 5 nitrogen and oxygen atoms in total. The van der Waals surface area contributed by atoms with E-state index in [1.807, 2.05) is 0 Å². The lowest BCUT2D eigenvalue weighted by molar-refractivity contribution is -0.173. The van der Waals surface area contributed by atoms with Gasteiger partial charge in [0.1, 0.15) is 5.75 Å². The number of amides is 1. The topological polar surface area (TPSA) is 78.8 Å². The number of aliphatic hydroxyl groups excluding tert-OH is 1. The summed E-state index contributed by atoms with van der Waals surface area (Å²) in [5, 5.41) is 22.6. The fraction of sp³-hybridized carbons (Fsp3) is 0.550. The molecule has 1 fully saturated rings. The molecular formula is C20H26F3NO4. The molecule has 8 heteroatoms. The molecule has 1 atom stereocenters. The van der Waals surface area contributed by atoms with E-state index in [1.54, 1.807) is 35.7 Å². The zero-order chi connectivity index (χ0) is 20.8. The molecule has 1 aromatic carbocycles. The Kier molecular flexibility index (Phi) is 7.48. The number of aliphatic hydroxyl groups is 2. The molecule has 156 valence electrons. The van der Waals surface area contributed by atoms with Crippen LogP contribution in [-0.4, -0.2) is 41.6 Å². The molecule has 1 amide bonds. The first kappa shape index (κ1) is 22.2. The predicted molar refractivity (Wildman–Crippen MR) is 98.7 cm³/mol. The van der Waals surface area contributed by atoms with Gasteiger partial charge < -0.3 is 20.3 Å². The second-order valence-electron chi connectivity index (χ2n) is 7.06. The first-order valence-corrected chi connectivity index (χ1v) is 9.27. The number of halogens is 3. The number of ether oxygens (including phenoxy) is 1. The van der Waals surface area contributed by atoms with Crippen molar-refractivity contribution in [3.05, 3.63) is 35.4 Å². The number of methoxy groups -OCH3 is 1. The molecule has 28 heavy (non-hydrogen) atoms. The Bertz CT molecular complexity index is 697. The van der Waals surface area contributed by atoms with Gasteiger partial charge in [0.2, 0.25) is 0 Å². The van der Waals surface area contributed by atoms with Crippen LogP contribution in [0.2, 0.25) is 0 Å². The third-order valence-corrected chi connectivity index (χ3v) is 4.89. The molecule has 1 aliphatic carbocycles. The lowest BCUT2D eigenvalue weighted by atomic mass is 9.84. The van der Waals surface area contributed by atoms with Crippen molar-refractivity contribution < 1.29 is 32.9 Å². The Labute approximate surface area is 162 Å². The molecule has 0 saturated heterocycles. The fourth-order valence-corrected chi connectivity index (χ4v) is 3.26. The smallest absolute Gasteiger partial charge is 0.471 e. The van der Waals surface area contributed by atoms with Crippen molar-refractivity contribution in [2.75, 3.05) is 13.7 Å². The highest BCUT2D eigenvalue weighted by Crippen LogP contribution is 2.32. The maximum absolute atomic E-state index is 12.2. The van der Waals surface area contributed by atoms with E-state index in [-0.39, 0.29) is 13.0 Å². The first-order chi connectivity index (χ1) is 13.1. The number of nitrogens with one attached hydrogen (secondary N) is 1. The quantitative estimate of drug-likeness (QED) is 0.653. The van der Waals surface area contributed by atoms with Gasteiger partial charge in [0, 0.05) is 12.1 Å². The molecule has 0 aliphatic heterocycles. The third kappa shape index (κ3) is 6.24. The minimum absolute atomic E-state index is 0.0682. The summed E-state index contributed by atoms with van der Waals surface area (Å²) in [5.41, 5.74) is 0.273. The first-order valence-electron chi connectivity index (χ1n) is 9.27. The molecule has 0 bridgehead atoms. The van der Waals surface area contributed by atoms with Crippen LogP contribution in [-0.2, 0) is 4.79 Å². The van der Waals surface area contributed by atoms with Gasteiger partial charge in [-0.1, -0.05) is 37.5 Å². The van der Waals surface area contributed by atoms with Gasteiger partial charge in [-0.2, -0.15) is 13.2 Å². The van der Waals surface area contributed by atoms with Crippen molar-refractivity contribution in [3.8, 4) is 5.75 Å². The molecule has 1 aromatic rings. The van der Waals surface area contributed by atoms with Crippen LogP contribution >= 0.6 is 0 Å². The van der Waals surface area contributed by atoms with Crippen molar-refractivity contribution in [2.45, 2.75) is 56.4 Å². The fourth-order valence-electron chi connectivity index (χ4n) is 3.26. The Balaban J connectivity index is 2.05. The van der Waals surface area contributed by atoms with Crippen molar-refractivity contribution >= 4 is 12.0 Å². The highest BCUT2D eigenvalue weighted by Gasteiger charge is 2.38. The SMILES string of the molecule is COc1ccc(C(O)CCNC(=O)C(F)(F)F)cc1C=CC1(O)CCCCC1. The van der Waals surface area contributed by atoms with E-state index < -0.39 is 23.8 Å². The molecule has 1 unspecified atom stereocenters. The second kappa shape index (κ2) is 9.43. The summed E-state index contributed by atoms with van der Waals surface area (Å²) in [6.45, 7) is -0.309. The third-order valence-electron chi connectivity index (χ3n) is 4.89. The Morgan fingerprint density at radius 1 is 1.32 bits per heavy atom. The standard InChI is InChI=1S/C20H26F3NO4/c1-28-17-6-5-14(16(25)8-12-24-18(26)20(21,22)23)13-15(17)7-11-19(27)9-3-2-4-10-19/h5-7,11,13,16,25,27H,2-4,8-10,12H2,1H3,(H,24,26). The van der Waals surface area contributed by atoms with Crippen LogP contribution < -0.4 is 10.1 Å². The van der Waals surface area contributed by atoms with Crippen LogP contribution in [0.15, 0.2) is 24.3 Å². The Morgan fingerprint density at radius 2 is 2.00 bits per heavy atom. The lowest BCUT2D eigenvalue weighted by Gasteiger charge is -2.28. The van der Waals surface area contributed by atoms with Crippen LogP contribution in [0.5, 0.6) is 5.75 Å². The number of hydrogen-bond donors (Lipinski definition) is 3. The highest BCUT2D eigenvalue weighted by atomic mass is 19.4. The molecule has 1 aliphatic rings. The lowest BCUT2D eigenvalue weighted by Crippen LogP contribution is -2.37. The van der Waals surface area contributed by atoms with Crippen LogP contribution in [0.1, 0.15) is 55.8 Å². The van der Waals surface area contributed by atoms with E-state index in [2.05, 4.69) is 0 Å². The maximum atomic E-state index is 12.2. The van der Waals surface area contributed by atoms with Gasteiger partial charge in [0.25, 0.3) is 0 Å². The predicted octanol–water partition coefficient (Wildman–Crippen LogP) is 3.51. The minimum atomic E-state index is -4.94. The number of benzene rings is 1. The van der Waals surface area contributed by atoms with E-state index in [9.17, 15) is 28.2 Å². The zero-order valence-corrected chi connectivity index (χ0v) is 15.8. The second-order valence-corrected chi connectivity index (χ2v) is 7.06. The largest absolute Gasteiger partial charge is 0.496 e. The summed E-state index contributed by atoms with van der Waals surface area (Å²) in [6.07, 6.45) is 1.82. The number of carbonyl (C=O) groups is 1. The monoisotopic (exact) mass is 401 g/mol. The molecule has 3 N–H and O–H groups in total. The number of hydrogen-bond acceptors (Lipinski definition) is 4. The van der Waals surface area contributed by atoms with Gasteiger partial charge in [-0.15, -0.1) is 0 Å². The van der Waals surface area contributed by atoms with E-state index >= 15 is 0 Å². The summed E-state index contributed by atoms with van der Waals surface area (Å²) in [6, 6.07) is 4.93. The zero-order valence-electron chi connectivity index (χ0n) is 15.8. The molecule has 0 radical (unpaired) electrons. The van der Waals surface area contributed by atoms with E-state index in [1.165, 1.54) is 7.11 Å². The summed E-state index contributed by atoms with van der Waals surface area (Å²) in [7, 11) is 1.50. The summed E-state index contributed by atoms with van der Waals surface area (Å²) in [5.74, 6) is -1.48. The van der Waals surface area contributed by atoms with Gasteiger partial charge in [0.15, 0.2) is 0 Å². The van der Waals surface area contributed by atoms with E-state index in [4.69, 9.17) is 4.74 Å². The van der Waals surface area contributed by atoms with Crippen LogP contribution in [0, 0.1) is 0 Å². The summed E-state index contributed by atoms with van der Waals surface area (Å²) >= 11 is 0. The number of rotatable bonds is 7. The number of alkyl halides is 3. The molecule has 0 spiro atoms. The summed E-state index contributed by atoms with van der Waals surface area (Å²) in [4.78, 5) is 10.8. The van der Waals surface area contributed by atoms with Gasteiger partial charge in [-0.3, -0.25) is 4.79 Å². The van der Waals surface area contributed by atoms with Crippen molar-refractivity contribution in [1.29, 1.82) is 0 Å². The van der Waals surface area contributed by atoms with Gasteiger partial charge in [-0.25, -0.2) is 0 Å². The molecular weight excluding hydrogens is 375 g/mol. The van der Waals surface area contributed by atoms with Crippen molar-refractivity contribution in [1.82, 2.24) is 5.32 Å². The Hall–Kier alpha value is -2.06. The maximum Gasteiger partial charge on any atom is 0.471 e. The van der Waals surface area contributed by atoms with E-state index in [0.717, 1.165) is 19.3 Å². The van der Waals surface area contributed by atoms with Crippen LogP contribution in [0.4, 0.5) is 13.2 Å². The van der Waals surface area contributed by atoms with Gasteiger partial charge >= 0.3 is 12.1 Å². The molecule has 2 rings (SSSR count). The Morgan fingerprint density at radius 3 is 2.61 bits per heavy atom. The van der Waals surface area contributed by atoms with E-state index in [0.29, 0.717) is 29.7 Å². The average Bonchev–Trinajstić information content (AvgIpc) is 2.65. The van der Waals surface area contributed by atoms with Gasteiger partial charge in [0.05, 0.1) is 18.8 Å². The van der Waals surface area contributed by atoms with Crippen LogP contribution in [0.3, 0.4) is 0 Å². The summed E-state index contributed by atoms with van der Waals surface area (Å²) < 4.78 is 41.9. The number of carbonyl (C=O) groups excluding carboxylic acids is 1. The minimum Gasteiger partial charge on any atom is -0.496 e. The van der Waals surface area contributed by atoms with Crippen molar-refractivity contribution in [2.24, 2.45) is 0 Å². The van der Waals surface area contributed by atoms with Crippen molar-refractivity contribution in [3.63, 3.8) is 0 Å². The highest BCUT2D eigenvalue weighted by molar-refractivity contribution is 5.81. The molecule has 0 heterocycles. The van der Waals surface area contributed by atoms with Gasteiger partial charge in [-0.05, 0) is 37.0 Å². The normalized spacial score (nSPS) is 18.1. The molecule has 1 saturated carbocycles. The molecule has 0 aromatic heterocycles. The van der Waals surface area contributed by atoms with Crippen LogP contribution in [0.25, 0.3) is 6.08 Å². The average molecular weight is 401 g/mol.